The first-order valence-electron chi connectivity index (χ1n) is 10.4. The Labute approximate surface area is 189 Å². The van der Waals surface area contributed by atoms with Crippen molar-refractivity contribution in [3.8, 4) is 0 Å². The van der Waals surface area contributed by atoms with Crippen molar-refractivity contribution in [2.24, 2.45) is 5.92 Å². The van der Waals surface area contributed by atoms with Crippen LogP contribution < -0.4 is 10.6 Å². The fourth-order valence-electron chi connectivity index (χ4n) is 3.52. The predicted molar refractivity (Wildman–Crippen MR) is 112 cm³/mol. The van der Waals surface area contributed by atoms with Crippen LogP contribution in [0.25, 0.3) is 0 Å². The Morgan fingerprint density at radius 3 is 2.36 bits per heavy atom. The number of morpholine rings is 1. The molecule has 1 aromatic rings. The van der Waals surface area contributed by atoms with Gasteiger partial charge in [-0.25, -0.2) is 9.59 Å². The van der Waals surface area contributed by atoms with Gasteiger partial charge >= 0.3 is 18.2 Å². The van der Waals surface area contributed by atoms with Crippen LogP contribution in [0, 0.1) is 5.92 Å². The number of likely N-dealkylation sites (tertiary alicyclic amines) is 1. The number of nitrogens with zero attached hydrogens (tertiary/aromatic N) is 2. The molecule has 3 N–H and O–H groups in total. The van der Waals surface area contributed by atoms with Gasteiger partial charge in [-0.1, -0.05) is 30.3 Å². The molecule has 3 rings (SSSR count). The third kappa shape index (κ3) is 8.54. The molecule has 2 heterocycles. The van der Waals surface area contributed by atoms with Crippen LogP contribution in [0.15, 0.2) is 30.3 Å². The topological polar surface area (TPSA) is 111 Å². The summed E-state index contributed by atoms with van der Waals surface area (Å²) in [6, 6.07) is 9.73. The molecular formula is C21H29F3N4O5. The molecule has 2 aliphatic rings. The van der Waals surface area contributed by atoms with Crippen molar-refractivity contribution in [2.75, 3.05) is 40.3 Å². The average Bonchev–Trinajstić information content (AvgIpc) is 3.05. The first-order valence-corrected chi connectivity index (χ1v) is 10.4. The van der Waals surface area contributed by atoms with Gasteiger partial charge < -0.3 is 30.3 Å². The Balaban J connectivity index is 0.000000479. The number of aliphatic carboxylic acids is 1. The molecule has 12 heteroatoms. The molecular weight excluding hydrogens is 445 g/mol. The quantitative estimate of drug-likeness (QED) is 0.573. The van der Waals surface area contributed by atoms with E-state index in [1.54, 1.807) is 4.90 Å². The van der Waals surface area contributed by atoms with Crippen LogP contribution in [-0.4, -0.2) is 91.5 Å². The molecule has 0 spiro atoms. The number of ether oxygens (including phenoxy) is 1. The molecule has 0 aromatic heterocycles. The molecule has 3 amide bonds. The highest BCUT2D eigenvalue weighted by Crippen LogP contribution is 2.32. The van der Waals surface area contributed by atoms with E-state index in [-0.39, 0.29) is 30.1 Å². The number of rotatable bonds is 6. The number of halogens is 3. The second-order valence-electron chi connectivity index (χ2n) is 8.09. The van der Waals surface area contributed by atoms with Crippen LogP contribution in [0.4, 0.5) is 18.0 Å². The number of carbonyl (C=O) groups excluding carboxylic acids is 2. The summed E-state index contributed by atoms with van der Waals surface area (Å²) in [5, 5.41) is 13.1. The van der Waals surface area contributed by atoms with Gasteiger partial charge in [-0.3, -0.25) is 4.79 Å². The average molecular weight is 474 g/mol. The molecule has 1 aromatic carbocycles. The lowest BCUT2D eigenvalue weighted by Crippen LogP contribution is -2.51. The molecule has 2 saturated heterocycles. The fourth-order valence-corrected chi connectivity index (χ4v) is 3.52. The Kier molecular flexibility index (Phi) is 9.47. The van der Waals surface area contributed by atoms with Gasteiger partial charge in [0.25, 0.3) is 0 Å². The number of carbonyl (C=O) groups is 3. The minimum absolute atomic E-state index is 0.0332. The van der Waals surface area contributed by atoms with Crippen LogP contribution in [0.2, 0.25) is 0 Å². The third-order valence-corrected chi connectivity index (χ3v) is 5.17. The summed E-state index contributed by atoms with van der Waals surface area (Å²) in [7, 11) is 3.95. The van der Waals surface area contributed by atoms with Crippen LogP contribution in [0.3, 0.4) is 0 Å². The first-order chi connectivity index (χ1) is 15.5. The molecule has 2 fully saturated rings. The van der Waals surface area contributed by atoms with Gasteiger partial charge in [-0.2, -0.15) is 13.2 Å². The van der Waals surface area contributed by atoms with Crippen LogP contribution in [0.1, 0.15) is 12.0 Å². The molecule has 2 aliphatic heterocycles. The normalized spacial score (nSPS) is 21.8. The summed E-state index contributed by atoms with van der Waals surface area (Å²) in [6.45, 7) is 2.94. The van der Waals surface area contributed by atoms with E-state index in [0.29, 0.717) is 32.6 Å². The predicted octanol–water partition coefficient (Wildman–Crippen LogP) is 1.30. The highest BCUT2D eigenvalue weighted by Gasteiger charge is 2.45. The monoisotopic (exact) mass is 474 g/mol. The number of amides is 3. The van der Waals surface area contributed by atoms with Gasteiger partial charge in [0.15, 0.2) is 0 Å². The standard InChI is InChI=1S/C19H28N4O3.C2HF3O2/c1-22(2)9-8-20-18(24)16-10-15-12-23(13-17(16)26-15)19(25)21-11-14-6-4-3-5-7-14;3-2(4,5)1(6)7/h3-7,15-17H,8-13H2,1-2H3,(H,20,24)(H,21,25);(H,6,7)/t15-,16+,17-;/m1./s1. The SMILES string of the molecule is CN(C)CCNC(=O)[C@H]1C[C@@H]2CN(C(=O)NCc3ccccc3)C[C@H]1O2.O=C(O)C(F)(F)F. The van der Waals surface area contributed by atoms with Gasteiger partial charge in [0.05, 0.1) is 18.1 Å². The lowest BCUT2D eigenvalue weighted by atomic mass is 9.99. The van der Waals surface area contributed by atoms with Gasteiger partial charge in [0.1, 0.15) is 0 Å². The maximum atomic E-state index is 12.5. The summed E-state index contributed by atoms with van der Waals surface area (Å²) in [6.07, 6.45) is -4.67. The summed E-state index contributed by atoms with van der Waals surface area (Å²) in [5.41, 5.74) is 1.07. The van der Waals surface area contributed by atoms with E-state index >= 15 is 0 Å². The molecule has 2 bridgehead atoms. The smallest absolute Gasteiger partial charge is 0.475 e. The van der Waals surface area contributed by atoms with Crippen molar-refractivity contribution in [1.82, 2.24) is 20.4 Å². The first kappa shape index (κ1) is 26.4. The summed E-state index contributed by atoms with van der Waals surface area (Å²) >= 11 is 0. The Hall–Kier alpha value is -2.86. The molecule has 0 radical (unpaired) electrons. The maximum absolute atomic E-state index is 12.5. The van der Waals surface area contributed by atoms with Gasteiger partial charge in [-0.15, -0.1) is 0 Å². The largest absolute Gasteiger partial charge is 0.490 e. The van der Waals surface area contributed by atoms with Crippen molar-refractivity contribution >= 4 is 17.9 Å². The Morgan fingerprint density at radius 1 is 1.15 bits per heavy atom. The molecule has 3 atom stereocenters. The van der Waals surface area contributed by atoms with Crippen molar-refractivity contribution in [3.63, 3.8) is 0 Å². The number of nitrogens with one attached hydrogen (secondary N) is 2. The number of hydrogen-bond donors (Lipinski definition) is 3. The lowest BCUT2D eigenvalue weighted by Gasteiger charge is -2.32. The lowest BCUT2D eigenvalue weighted by molar-refractivity contribution is -0.192. The van der Waals surface area contributed by atoms with Crippen LogP contribution in [0.5, 0.6) is 0 Å². The molecule has 0 aliphatic carbocycles. The van der Waals surface area contributed by atoms with Crippen molar-refractivity contribution in [2.45, 2.75) is 31.3 Å². The van der Waals surface area contributed by atoms with Gasteiger partial charge in [-0.05, 0) is 26.1 Å². The highest BCUT2D eigenvalue weighted by atomic mass is 19.4. The van der Waals surface area contributed by atoms with E-state index < -0.39 is 12.1 Å². The zero-order valence-corrected chi connectivity index (χ0v) is 18.5. The van der Waals surface area contributed by atoms with E-state index in [2.05, 4.69) is 10.6 Å². The van der Waals surface area contributed by atoms with E-state index in [0.717, 1.165) is 12.1 Å². The molecule has 9 nitrogen and oxygen atoms in total. The fraction of sp³-hybridized carbons (Fsp3) is 0.571. The van der Waals surface area contributed by atoms with Gasteiger partial charge in [0.2, 0.25) is 5.91 Å². The Bertz CT molecular complexity index is 807. The summed E-state index contributed by atoms with van der Waals surface area (Å²) in [5.74, 6) is -2.90. The van der Waals surface area contributed by atoms with E-state index in [1.807, 2.05) is 49.3 Å². The minimum atomic E-state index is -5.08. The molecule has 33 heavy (non-hydrogen) atoms. The minimum Gasteiger partial charge on any atom is -0.475 e. The van der Waals surface area contributed by atoms with E-state index in [1.165, 1.54) is 0 Å². The van der Waals surface area contributed by atoms with Crippen molar-refractivity contribution < 1.29 is 37.4 Å². The number of carboxylic acid groups (broad SMARTS) is 1. The molecule has 184 valence electrons. The van der Waals surface area contributed by atoms with Crippen molar-refractivity contribution in [3.05, 3.63) is 35.9 Å². The number of fused-ring (bicyclic) bond motifs is 2. The number of carboxylic acids is 1. The number of benzene rings is 1. The van der Waals surface area contributed by atoms with E-state index in [9.17, 15) is 22.8 Å². The maximum Gasteiger partial charge on any atom is 0.490 e. The van der Waals surface area contributed by atoms with Crippen LogP contribution in [-0.2, 0) is 20.9 Å². The zero-order valence-electron chi connectivity index (χ0n) is 18.5. The molecule has 0 saturated carbocycles. The Morgan fingerprint density at radius 2 is 1.79 bits per heavy atom. The summed E-state index contributed by atoms with van der Waals surface area (Å²) < 4.78 is 37.6. The number of hydrogen-bond acceptors (Lipinski definition) is 5. The second-order valence-corrected chi connectivity index (χ2v) is 8.09. The second kappa shape index (κ2) is 11.8. The molecule has 0 unspecified atom stereocenters. The zero-order chi connectivity index (χ0) is 24.6. The van der Waals surface area contributed by atoms with E-state index in [4.69, 9.17) is 14.6 Å². The number of alkyl halides is 3. The van der Waals surface area contributed by atoms with Crippen molar-refractivity contribution in [1.29, 1.82) is 0 Å². The third-order valence-electron chi connectivity index (χ3n) is 5.17. The van der Waals surface area contributed by atoms with Crippen LogP contribution >= 0.6 is 0 Å². The van der Waals surface area contributed by atoms with Gasteiger partial charge in [0, 0.05) is 32.7 Å². The number of urea groups is 1. The highest BCUT2D eigenvalue weighted by molar-refractivity contribution is 5.80. The number of likely N-dealkylation sites (N-methyl/N-ethyl adjacent to an activating group) is 1. The summed E-state index contributed by atoms with van der Waals surface area (Å²) in [4.78, 5) is 37.6.